The smallest absolute Gasteiger partial charge is 0.373 e. The van der Waals surface area contributed by atoms with Crippen LogP contribution in [0.4, 0.5) is 0 Å². The van der Waals surface area contributed by atoms with Crippen LogP contribution in [0, 0.1) is 0 Å². The lowest BCUT2D eigenvalue weighted by atomic mass is 10.0. The molecular formula is C22H20N2O5S. The average molecular weight is 424 g/mol. The maximum Gasteiger partial charge on any atom is 0.373 e. The normalized spacial score (nSPS) is 11.0. The maximum atomic E-state index is 13.4. The Morgan fingerprint density at radius 2 is 2.07 bits per heavy atom. The van der Waals surface area contributed by atoms with Gasteiger partial charge < -0.3 is 13.9 Å². The Morgan fingerprint density at radius 3 is 2.80 bits per heavy atom. The van der Waals surface area contributed by atoms with Gasteiger partial charge in [0.15, 0.2) is 0 Å². The van der Waals surface area contributed by atoms with Gasteiger partial charge in [-0.15, -0.1) is 11.3 Å². The molecule has 0 aliphatic heterocycles. The van der Waals surface area contributed by atoms with E-state index in [1.807, 2.05) is 24.3 Å². The van der Waals surface area contributed by atoms with Gasteiger partial charge in [-0.25, -0.2) is 9.78 Å². The molecule has 0 N–H and O–H groups in total. The van der Waals surface area contributed by atoms with Crippen molar-refractivity contribution >= 4 is 27.5 Å². The quantitative estimate of drug-likeness (QED) is 0.433. The Balaban J connectivity index is 1.82. The summed E-state index contributed by atoms with van der Waals surface area (Å²) in [5, 5.41) is 0.576. The zero-order chi connectivity index (χ0) is 21.3. The molecule has 3 aromatic heterocycles. The Morgan fingerprint density at radius 1 is 1.23 bits per heavy atom. The van der Waals surface area contributed by atoms with E-state index in [4.69, 9.17) is 9.15 Å². The van der Waals surface area contributed by atoms with Crippen molar-refractivity contribution in [1.29, 1.82) is 0 Å². The van der Waals surface area contributed by atoms with Crippen molar-refractivity contribution in [2.75, 3.05) is 14.2 Å². The largest absolute Gasteiger partial charge is 0.497 e. The zero-order valence-corrected chi connectivity index (χ0v) is 17.6. The van der Waals surface area contributed by atoms with Crippen LogP contribution in [0.3, 0.4) is 0 Å². The molecular weight excluding hydrogens is 404 g/mol. The van der Waals surface area contributed by atoms with E-state index in [0.717, 1.165) is 28.2 Å². The number of carbonyl (C=O) groups excluding carboxylic acids is 1. The number of benzene rings is 1. The van der Waals surface area contributed by atoms with Gasteiger partial charge >= 0.3 is 5.97 Å². The highest BCUT2D eigenvalue weighted by molar-refractivity contribution is 7.19. The zero-order valence-electron chi connectivity index (χ0n) is 16.8. The number of furan rings is 1. The third-order valence-corrected chi connectivity index (χ3v) is 6.05. The van der Waals surface area contributed by atoms with Gasteiger partial charge in [-0.05, 0) is 36.2 Å². The highest BCUT2D eigenvalue weighted by Crippen LogP contribution is 2.37. The van der Waals surface area contributed by atoms with Crippen molar-refractivity contribution in [2.24, 2.45) is 0 Å². The molecule has 0 saturated carbocycles. The lowest BCUT2D eigenvalue weighted by Gasteiger charge is -2.07. The fraction of sp³-hybridized carbons (Fsp3) is 0.227. The van der Waals surface area contributed by atoms with Gasteiger partial charge in [-0.1, -0.05) is 19.1 Å². The Labute approximate surface area is 176 Å². The summed E-state index contributed by atoms with van der Waals surface area (Å²) in [5.74, 6) is 0.722. The van der Waals surface area contributed by atoms with Crippen LogP contribution in [0.5, 0.6) is 5.75 Å². The summed E-state index contributed by atoms with van der Waals surface area (Å²) in [5.41, 5.74) is 1.64. The molecule has 0 aliphatic carbocycles. The molecule has 8 heteroatoms. The van der Waals surface area contributed by atoms with Crippen LogP contribution in [0.1, 0.15) is 28.1 Å². The molecule has 4 rings (SSSR count). The van der Waals surface area contributed by atoms with Gasteiger partial charge in [0.05, 0.1) is 32.5 Å². The molecule has 0 amide bonds. The number of thiophene rings is 1. The van der Waals surface area contributed by atoms with Crippen molar-refractivity contribution in [1.82, 2.24) is 9.55 Å². The minimum atomic E-state index is -0.562. The van der Waals surface area contributed by atoms with Gasteiger partial charge in [0.1, 0.15) is 16.3 Å². The second-order valence-corrected chi connectivity index (χ2v) is 7.68. The van der Waals surface area contributed by atoms with Crippen LogP contribution < -0.4 is 10.3 Å². The Kier molecular flexibility index (Phi) is 5.41. The van der Waals surface area contributed by atoms with Gasteiger partial charge in [0.2, 0.25) is 5.76 Å². The number of aromatic nitrogens is 2. The summed E-state index contributed by atoms with van der Waals surface area (Å²) >= 11 is 1.52. The number of carbonyl (C=O) groups is 1. The molecule has 0 radical (unpaired) electrons. The number of ether oxygens (including phenoxy) is 2. The topological polar surface area (TPSA) is 83.6 Å². The molecule has 154 valence electrons. The van der Waals surface area contributed by atoms with Gasteiger partial charge in [0.25, 0.3) is 5.56 Å². The van der Waals surface area contributed by atoms with E-state index in [2.05, 4.69) is 16.6 Å². The predicted molar refractivity (Wildman–Crippen MR) is 114 cm³/mol. The third-order valence-electron chi connectivity index (χ3n) is 4.81. The van der Waals surface area contributed by atoms with E-state index in [1.165, 1.54) is 35.4 Å². The van der Waals surface area contributed by atoms with E-state index >= 15 is 0 Å². The van der Waals surface area contributed by atoms with Crippen LogP contribution in [0.15, 0.2) is 51.9 Å². The molecule has 3 heterocycles. The van der Waals surface area contributed by atoms with E-state index in [-0.39, 0.29) is 17.9 Å². The van der Waals surface area contributed by atoms with Crippen LogP contribution >= 0.6 is 11.3 Å². The number of hydrogen-bond donors (Lipinski definition) is 0. The van der Waals surface area contributed by atoms with Crippen molar-refractivity contribution < 1.29 is 18.7 Å². The van der Waals surface area contributed by atoms with Crippen LogP contribution in [0.25, 0.3) is 21.3 Å². The molecule has 0 unspecified atom stereocenters. The number of nitrogens with zero attached hydrogens (tertiary/aromatic N) is 2. The van der Waals surface area contributed by atoms with Crippen LogP contribution in [0.2, 0.25) is 0 Å². The minimum absolute atomic E-state index is 0.0930. The standard InChI is InChI=1S/C22H20N2O5S/c1-4-17-18(13-6-5-7-14(10-13)27-2)19-20(30-17)23-12-24(21(19)25)11-15-8-9-16(29-15)22(26)28-3/h5-10,12H,4,11H2,1-3H3. The summed E-state index contributed by atoms with van der Waals surface area (Å²) in [7, 11) is 2.90. The van der Waals surface area contributed by atoms with Gasteiger partial charge in [-0.2, -0.15) is 0 Å². The number of esters is 1. The molecule has 0 fully saturated rings. The number of rotatable bonds is 6. The van der Waals surface area contributed by atoms with Crippen molar-refractivity contribution in [3.63, 3.8) is 0 Å². The van der Waals surface area contributed by atoms with Crippen LogP contribution in [-0.2, 0) is 17.7 Å². The van der Waals surface area contributed by atoms with Gasteiger partial charge in [0, 0.05) is 10.4 Å². The number of hydrogen-bond acceptors (Lipinski definition) is 7. The summed E-state index contributed by atoms with van der Waals surface area (Å²) in [6.45, 7) is 2.22. The monoisotopic (exact) mass is 424 g/mol. The van der Waals surface area contributed by atoms with E-state index < -0.39 is 5.97 Å². The summed E-state index contributed by atoms with van der Waals surface area (Å²) in [6.07, 6.45) is 2.30. The maximum absolute atomic E-state index is 13.4. The fourth-order valence-corrected chi connectivity index (χ4v) is 4.45. The van der Waals surface area contributed by atoms with E-state index in [9.17, 15) is 9.59 Å². The van der Waals surface area contributed by atoms with E-state index in [0.29, 0.717) is 16.0 Å². The third kappa shape index (κ3) is 3.50. The second-order valence-electron chi connectivity index (χ2n) is 6.60. The van der Waals surface area contributed by atoms with Crippen molar-refractivity contribution in [3.05, 3.63) is 69.5 Å². The van der Waals surface area contributed by atoms with E-state index in [1.54, 1.807) is 13.2 Å². The highest BCUT2D eigenvalue weighted by Gasteiger charge is 2.19. The van der Waals surface area contributed by atoms with Gasteiger partial charge in [-0.3, -0.25) is 9.36 Å². The molecule has 1 aromatic carbocycles. The molecule has 7 nitrogen and oxygen atoms in total. The Hall–Kier alpha value is -3.39. The molecule has 0 bridgehead atoms. The summed E-state index contributed by atoms with van der Waals surface area (Å²) in [4.78, 5) is 31.3. The average Bonchev–Trinajstić information content (AvgIpc) is 3.40. The minimum Gasteiger partial charge on any atom is -0.497 e. The first-order chi connectivity index (χ1) is 14.5. The summed E-state index contributed by atoms with van der Waals surface area (Å²) in [6, 6.07) is 10.8. The predicted octanol–water partition coefficient (Wildman–Crippen LogP) is 4.12. The molecule has 4 aromatic rings. The first-order valence-corrected chi connectivity index (χ1v) is 10.2. The first kappa shape index (κ1) is 19.9. The van der Waals surface area contributed by atoms with Crippen LogP contribution in [-0.4, -0.2) is 29.7 Å². The lowest BCUT2D eigenvalue weighted by molar-refractivity contribution is 0.0563. The highest BCUT2D eigenvalue weighted by atomic mass is 32.1. The number of fused-ring (bicyclic) bond motifs is 1. The molecule has 30 heavy (non-hydrogen) atoms. The molecule has 0 saturated heterocycles. The molecule has 0 spiro atoms. The Bertz CT molecular complexity index is 1280. The summed E-state index contributed by atoms with van der Waals surface area (Å²) < 4.78 is 17.0. The lowest BCUT2D eigenvalue weighted by Crippen LogP contribution is -2.20. The van der Waals surface area contributed by atoms with Crippen molar-refractivity contribution in [3.8, 4) is 16.9 Å². The first-order valence-electron chi connectivity index (χ1n) is 9.38. The fourth-order valence-electron chi connectivity index (χ4n) is 3.36. The van der Waals surface area contributed by atoms with Crippen molar-refractivity contribution in [2.45, 2.75) is 19.9 Å². The SMILES string of the molecule is CCc1sc2ncn(Cc3ccc(C(=O)OC)o3)c(=O)c2c1-c1cccc(OC)c1. The second kappa shape index (κ2) is 8.16. The molecule has 0 aliphatic rings. The number of methoxy groups -OCH3 is 2. The molecule has 0 atom stereocenters. The number of aryl methyl sites for hydroxylation is 1.